The Morgan fingerprint density at radius 3 is 2.71 bits per heavy atom. The van der Waals surface area contributed by atoms with Gasteiger partial charge in [-0.15, -0.1) is 0 Å². The van der Waals surface area contributed by atoms with Crippen molar-refractivity contribution in [2.45, 2.75) is 19.3 Å². The highest BCUT2D eigenvalue weighted by atomic mass is 31.2. The van der Waals surface area contributed by atoms with Crippen molar-refractivity contribution in [1.82, 2.24) is 5.32 Å². The van der Waals surface area contributed by atoms with E-state index in [4.69, 9.17) is 9.79 Å². The summed E-state index contributed by atoms with van der Waals surface area (Å²) >= 11 is 0. The van der Waals surface area contributed by atoms with E-state index in [0.717, 1.165) is 6.20 Å². The first-order valence-electron chi connectivity index (χ1n) is 9.03. The van der Waals surface area contributed by atoms with Gasteiger partial charge < -0.3 is 30.6 Å². The maximum atomic E-state index is 12.3. The molecule has 31 heavy (non-hydrogen) atoms. The number of phosphoric ester groups is 1. The number of allylic oxidation sites excluding steroid dienone is 2. The summed E-state index contributed by atoms with van der Waals surface area (Å²) in [6.07, 6.45) is 2.23. The van der Waals surface area contributed by atoms with Crippen LogP contribution in [-0.4, -0.2) is 44.2 Å². The Morgan fingerprint density at radius 1 is 1.32 bits per heavy atom. The fraction of sp³-hybridized carbons (Fsp3) is 0.211. The Bertz CT molecular complexity index is 1100. The fourth-order valence-electron chi connectivity index (χ4n) is 3.12. The number of benzene rings is 1. The molecule has 0 saturated carbocycles. The van der Waals surface area contributed by atoms with Crippen molar-refractivity contribution in [1.29, 1.82) is 0 Å². The number of carbonyl (C=O) groups excluding carboxylic acids is 1. The van der Waals surface area contributed by atoms with E-state index in [1.54, 1.807) is 31.2 Å². The zero-order valence-electron chi connectivity index (χ0n) is 16.3. The smallest absolute Gasteiger partial charge is 0.469 e. The zero-order chi connectivity index (χ0) is 22.8. The Hall–Kier alpha value is -3.24. The molecule has 6 N–H and O–H groups in total. The monoisotopic (exact) mass is 449 g/mol. The number of nitrogens with one attached hydrogen (secondary N) is 2. The molecule has 1 aromatic rings. The molecule has 3 rings (SSSR count). The highest BCUT2D eigenvalue weighted by Gasteiger charge is 2.32. The topological polar surface area (TPSA) is 178 Å². The second-order valence-corrected chi connectivity index (χ2v) is 8.05. The Labute approximate surface area is 176 Å². The minimum Gasteiger partial charge on any atom is -0.505 e. The summed E-state index contributed by atoms with van der Waals surface area (Å²) in [4.78, 5) is 45.8. The summed E-state index contributed by atoms with van der Waals surface area (Å²) in [6, 6.07) is 6.93. The standard InChI is InChI=1S/C19H20N3O8P/c1-10-17(23)14(11(7-20-10)9-30-31(27,28)29)8-21-16(19(25)26)6-13-12-4-2-3-5-15(12)22-18(13)24/h2-5,7-8,13,20,23H,6,9H2,1H3,(H,22,24)(H,25,26)(H2,27,28,29)/b14-8-,21-16?/t13-/m0/s1. The molecule has 2 aliphatic heterocycles. The molecule has 0 radical (unpaired) electrons. The van der Waals surface area contributed by atoms with Crippen molar-refractivity contribution in [3.05, 3.63) is 64.8 Å². The number of hydrogen-bond donors (Lipinski definition) is 6. The van der Waals surface area contributed by atoms with Crippen molar-refractivity contribution in [2.24, 2.45) is 4.99 Å². The lowest BCUT2D eigenvalue weighted by atomic mass is 9.94. The lowest BCUT2D eigenvalue weighted by molar-refractivity contribution is -0.129. The van der Waals surface area contributed by atoms with E-state index in [1.165, 1.54) is 6.20 Å². The third kappa shape index (κ3) is 5.28. The molecule has 0 fully saturated rings. The summed E-state index contributed by atoms with van der Waals surface area (Å²) in [6.45, 7) is 0.985. The van der Waals surface area contributed by atoms with Gasteiger partial charge in [0.1, 0.15) is 11.5 Å². The molecule has 0 spiro atoms. The van der Waals surface area contributed by atoms with Crippen LogP contribution in [0.1, 0.15) is 24.8 Å². The first kappa shape index (κ1) is 22.4. The number of aliphatic hydroxyl groups excluding tert-OH is 1. The number of carbonyl (C=O) groups is 2. The number of phosphoric acid groups is 1. The first-order valence-corrected chi connectivity index (χ1v) is 10.6. The predicted molar refractivity (Wildman–Crippen MR) is 110 cm³/mol. The molecule has 0 unspecified atom stereocenters. The van der Waals surface area contributed by atoms with Gasteiger partial charge in [0.15, 0.2) is 0 Å². The van der Waals surface area contributed by atoms with E-state index >= 15 is 0 Å². The van der Waals surface area contributed by atoms with E-state index in [-0.39, 0.29) is 34.9 Å². The van der Waals surface area contributed by atoms with Crippen molar-refractivity contribution >= 4 is 31.1 Å². The van der Waals surface area contributed by atoms with Crippen molar-refractivity contribution < 1.29 is 38.7 Å². The molecule has 1 atom stereocenters. The maximum absolute atomic E-state index is 12.3. The number of fused-ring (bicyclic) bond motifs is 1. The van der Waals surface area contributed by atoms with E-state index in [1.807, 2.05) is 0 Å². The van der Waals surface area contributed by atoms with Crippen LogP contribution in [0.15, 0.2) is 64.3 Å². The summed E-state index contributed by atoms with van der Waals surface area (Å²) < 4.78 is 15.5. The van der Waals surface area contributed by atoms with Crippen LogP contribution in [0, 0.1) is 0 Å². The van der Waals surface area contributed by atoms with Gasteiger partial charge in [-0.1, -0.05) is 18.2 Å². The molecule has 1 aromatic carbocycles. The quantitative estimate of drug-likeness (QED) is 0.268. The molecule has 0 aliphatic carbocycles. The number of rotatable bonds is 7. The van der Waals surface area contributed by atoms with E-state index in [9.17, 15) is 24.4 Å². The number of para-hydroxylation sites is 1. The summed E-state index contributed by atoms with van der Waals surface area (Å²) in [5.74, 6) is -2.72. The van der Waals surface area contributed by atoms with Gasteiger partial charge in [-0.2, -0.15) is 0 Å². The van der Waals surface area contributed by atoms with E-state index in [2.05, 4.69) is 20.1 Å². The predicted octanol–water partition coefficient (Wildman–Crippen LogP) is 1.91. The molecule has 0 saturated heterocycles. The van der Waals surface area contributed by atoms with E-state index in [0.29, 0.717) is 16.9 Å². The third-order valence-corrected chi connectivity index (χ3v) is 5.18. The summed E-state index contributed by atoms with van der Waals surface area (Å²) in [5, 5.41) is 25.3. The summed E-state index contributed by atoms with van der Waals surface area (Å²) in [5.41, 5.74) is 1.43. The van der Waals surface area contributed by atoms with Crippen molar-refractivity contribution in [3.8, 4) is 0 Å². The Kier molecular flexibility index (Phi) is 6.42. The number of aliphatic carboxylic acids is 1. The average molecular weight is 449 g/mol. The number of anilines is 1. The number of carboxylic acids is 1. The van der Waals surface area contributed by atoms with Crippen LogP contribution in [0.2, 0.25) is 0 Å². The number of aliphatic imine (C=N–C) groups is 1. The molecule has 2 heterocycles. The molecule has 0 aromatic heterocycles. The molecule has 11 nitrogen and oxygen atoms in total. The van der Waals surface area contributed by atoms with Gasteiger partial charge in [-0.3, -0.25) is 14.3 Å². The minimum atomic E-state index is -4.77. The number of aliphatic hydroxyl groups is 1. The van der Waals surface area contributed by atoms with Crippen molar-refractivity contribution in [3.63, 3.8) is 0 Å². The van der Waals surface area contributed by atoms with Crippen LogP contribution in [0.4, 0.5) is 5.69 Å². The van der Waals surface area contributed by atoms with Gasteiger partial charge in [0.05, 0.1) is 18.2 Å². The maximum Gasteiger partial charge on any atom is 0.469 e. The molecular formula is C19H20N3O8P. The van der Waals surface area contributed by atoms with Gasteiger partial charge in [0.2, 0.25) is 5.91 Å². The second kappa shape index (κ2) is 8.86. The number of carboxylic acid groups (broad SMARTS) is 1. The number of hydrogen-bond acceptors (Lipinski definition) is 7. The number of dihydropyridines is 1. The van der Waals surface area contributed by atoms with E-state index < -0.39 is 26.3 Å². The highest BCUT2D eigenvalue weighted by molar-refractivity contribution is 7.46. The Balaban J connectivity index is 1.90. The largest absolute Gasteiger partial charge is 0.505 e. The second-order valence-electron chi connectivity index (χ2n) is 6.81. The van der Waals surface area contributed by atoms with Gasteiger partial charge in [0, 0.05) is 35.7 Å². The Morgan fingerprint density at radius 2 is 2.03 bits per heavy atom. The first-order chi connectivity index (χ1) is 14.6. The fourth-order valence-corrected chi connectivity index (χ4v) is 3.43. The molecule has 2 aliphatic rings. The number of nitrogens with zero attached hydrogens (tertiary/aromatic N) is 1. The summed E-state index contributed by atoms with van der Waals surface area (Å²) in [7, 11) is -4.77. The van der Waals surface area contributed by atoms with Crippen LogP contribution in [0.3, 0.4) is 0 Å². The lowest BCUT2D eigenvalue weighted by Gasteiger charge is -2.19. The third-order valence-electron chi connectivity index (χ3n) is 4.71. The van der Waals surface area contributed by atoms with Gasteiger partial charge in [-0.25, -0.2) is 9.36 Å². The number of amides is 1. The normalized spacial score (nSPS) is 20.3. The van der Waals surface area contributed by atoms with Crippen LogP contribution in [-0.2, 0) is 18.7 Å². The van der Waals surface area contributed by atoms with Crippen LogP contribution in [0.25, 0.3) is 0 Å². The zero-order valence-corrected chi connectivity index (χ0v) is 17.2. The SMILES string of the molecule is CC1=C(O)/C(=C\N=C(C[C@@H]2C(=O)Nc3ccccc32)C(=O)O)C(COP(=O)(O)O)=CN1. The average Bonchev–Trinajstić information content (AvgIpc) is 3.01. The highest BCUT2D eigenvalue weighted by Crippen LogP contribution is 2.38. The van der Waals surface area contributed by atoms with Crippen LogP contribution < -0.4 is 10.6 Å². The van der Waals surface area contributed by atoms with Gasteiger partial charge in [-0.05, 0) is 18.6 Å². The van der Waals surface area contributed by atoms with Gasteiger partial charge >= 0.3 is 13.8 Å². The van der Waals surface area contributed by atoms with Crippen molar-refractivity contribution in [2.75, 3.05) is 11.9 Å². The molecular weight excluding hydrogens is 429 g/mol. The molecule has 12 heteroatoms. The molecule has 164 valence electrons. The van der Waals surface area contributed by atoms with Gasteiger partial charge in [0.25, 0.3) is 0 Å². The molecule has 0 bridgehead atoms. The lowest BCUT2D eigenvalue weighted by Crippen LogP contribution is -2.21. The minimum absolute atomic E-state index is 0.0275. The van der Waals surface area contributed by atoms with Crippen LogP contribution in [0.5, 0.6) is 0 Å². The van der Waals surface area contributed by atoms with Crippen LogP contribution >= 0.6 is 7.82 Å². The molecule has 1 amide bonds.